The molecule has 0 saturated carbocycles. The van der Waals surface area contributed by atoms with Crippen LogP contribution in [-0.4, -0.2) is 40.8 Å². The number of Topliss-reactive ketones (excluding diaryl/α,β-unsaturated/α-hetero) is 1. The van der Waals surface area contributed by atoms with E-state index in [-0.39, 0.29) is 24.0 Å². The van der Waals surface area contributed by atoms with Gasteiger partial charge in [0.05, 0.1) is 5.56 Å². The van der Waals surface area contributed by atoms with Gasteiger partial charge in [0.1, 0.15) is 11.9 Å². The highest BCUT2D eigenvalue weighted by molar-refractivity contribution is 5.97. The summed E-state index contributed by atoms with van der Waals surface area (Å²) in [6, 6.07) is 13.3. The third kappa shape index (κ3) is 6.07. The molecule has 35 heavy (non-hydrogen) atoms. The number of alkyl halides is 3. The number of halogens is 3. The fourth-order valence-electron chi connectivity index (χ4n) is 4.07. The van der Waals surface area contributed by atoms with Crippen molar-refractivity contribution in [1.82, 2.24) is 9.88 Å². The molecule has 1 aromatic heterocycles. The molecule has 3 aromatic rings. The molecule has 0 radical (unpaired) electrons. The predicted octanol–water partition coefficient (Wildman–Crippen LogP) is 5.52. The number of benzene rings is 2. The molecule has 0 unspecified atom stereocenters. The third-order valence-corrected chi connectivity index (χ3v) is 6.08. The summed E-state index contributed by atoms with van der Waals surface area (Å²) in [5, 5.41) is 0. The van der Waals surface area contributed by atoms with Crippen LogP contribution in [0.25, 0.3) is 0 Å². The van der Waals surface area contributed by atoms with Crippen LogP contribution in [-0.2, 0) is 12.6 Å². The van der Waals surface area contributed by atoms with Gasteiger partial charge >= 0.3 is 6.18 Å². The van der Waals surface area contributed by atoms with Crippen molar-refractivity contribution >= 4 is 11.7 Å². The van der Waals surface area contributed by atoms with Crippen molar-refractivity contribution < 1.29 is 27.5 Å². The van der Waals surface area contributed by atoms with Gasteiger partial charge in [0.25, 0.3) is 5.91 Å². The Balaban J connectivity index is 1.38. The van der Waals surface area contributed by atoms with E-state index in [1.54, 1.807) is 41.6 Å². The molecular weight excluding hydrogens is 457 g/mol. The van der Waals surface area contributed by atoms with E-state index in [4.69, 9.17) is 4.74 Å². The van der Waals surface area contributed by atoms with E-state index in [0.717, 1.165) is 17.7 Å². The van der Waals surface area contributed by atoms with Gasteiger partial charge in [-0.15, -0.1) is 0 Å². The maximum absolute atomic E-state index is 13.0. The Labute approximate surface area is 201 Å². The second-order valence-electron chi connectivity index (χ2n) is 8.62. The van der Waals surface area contributed by atoms with E-state index in [1.165, 1.54) is 12.1 Å². The number of aromatic nitrogens is 1. The minimum Gasteiger partial charge on any atom is -0.490 e. The number of ether oxygens (including phenoxy) is 1. The molecule has 1 aliphatic heterocycles. The summed E-state index contributed by atoms with van der Waals surface area (Å²) < 4.78 is 45.1. The molecule has 5 nitrogen and oxygen atoms in total. The highest BCUT2D eigenvalue weighted by atomic mass is 19.4. The van der Waals surface area contributed by atoms with E-state index >= 15 is 0 Å². The summed E-state index contributed by atoms with van der Waals surface area (Å²) in [6.07, 6.45) is -0.0820. The van der Waals surface area contributed by atoms with E-state index in [9.17, 15) is 22.8 Å². The third-order valence-electron chi connectivity index (χ3n) is 6.08. The molecule has 0 spiro atoms. The van der Waals surface area contributed by atoms with Gasteiger partial charge in [0.15, 0.2) is 5.78 Å². The second kappa shape index (κ2) is 10.3. The van der Waals surface area contributed by atoms with Crippen molar-refractivity contribution in [3.63, 3.8) is 0 Å². The van der Waals surface area contributed by atoms with Crippen LogP contribution < -0.4 is 4.74 Å². The van der Waals surface area contributed by atoms with Crippen molar-refractivity contribution in [3.05, 3.63) is 94.8 Å². The Morgan fingerprint density at radius 2 is 1.71 bits per heavy atom. The quantitative estimate of drug-likeness (QED) is 0.434. The number of hydrogen-bond donors (Lipinski definition) is 0. The topological polar surface area (TPSA) is 59.5 Å². The number of nitrogens with zero attached hydrogens (tertiary/aromatic N) is 2. The lowest BCUT2D eigenvalue weighted by Gasteiger charge is -2.32. The summed E-state index contributed by atoms with van der Waals surface area (Å²) in [7, 11) is 0. The van der Waals surface area contributed by atoms with Crippen LogP contribution in [0.3, 0.4) is 0 Å². The van der Waals surface area contributed by atoms with Gasteiger partial charge in [-0.1, -0.05) is 24.3 Å². The minimum atomic E-state index is -4.50. The summed E-state index contributed by atoms with van der Waals surface area (Å²) >= 11 is 0. The molecule has 0 bridgehead atoms. The van der Waals surface area contributed by atoms with Gasteiger partial charge in [-0.2, -0.15) is 13.2 Å². The monoisotopic (exact) mass is 482 g/mol. The summed E-state index contributed by atoms with van der Waals surface area (Å²) in [6.45, 7) is 3.03. The number of amides is 1. The number of piperidine rings is 1. The molecule has 182 valence electrons. The number of pyridine rings is 1. The first-order valence-corrected chi connectivity index (χ1v) is 11.4. The van der Waals surface area contributed by atoms with Crippen molar-refractivity contribution in [2.24, 2.45) is 0 Å². The lowest BCUT2D eigenvalue weighted by molar-refractivity contribution is -0.137. The molecule has 8 heteroatoms. The van der Waals surface area contributed by atoms with Gasteiger partial charge in [0.2, 0.25) is 0 Å². The SMILES string of the molecule is Cc1ccc(CC(=O)c2cccc(C(F)(F)F)c2)cc1OC1CCN(C(=O)c2ccncc2)CC1. The number of carbonyl (C=O) groups is 2. The zero-order chi connectivity index (χ0) is 25.0. The standard InChI is InChI=1S/C27H25F3N2O3/c1-18-5-6-19(15-24(33)21-3-2-4-22(17-21)27(28,29)30)16-25(18)35-23-9-13-32(14-10-23)26(34)20-7-11-31-12-8-20/h2-8,11-12,16-17,23H,9-10,13-15H2,1H3. The molecule has 1 aliphatic rings. The van der Waals surface area contributed by atoms with Crippen LogP contribution >= 0.6 is 0 Å². The maximum atomic E-state index is 13.0. The first-order chi connectivity index (χ1) is 16.7. The van der Waals surface area contributed by atoms with Crippen LogP contribution in [0, 0.1) is 6.92 Å². The molecule has 1 fully saturated rings. The molecule has 1 amide bonds. The van der Waals surface area contributed by atoms with Crippen molar-refractivity contribution in [2.45, 2.75) is 38.5 Å². The second-order valence-corrected chi connectivity index (χ2v) is 8.62. The van der Waals surface area contributed by atoms with Crippen LogP contribution in [0.1, 0.15) is 50.2 Å². The average Bonchev–Trinajstić information content (AvgIpc) is 2.86. The van der Waals surface area contributed by atoms with Crippen LogP contribution in [0.4, 0.5) is 13.2 Å². The first-order valence-electron chi connectivity index (χ1n) is 11.4. The number of hydrogen-bond acceptors (Lipinski definition) is 4. The molecule has 0 aliphatic carbocycles. The largest absolute Gasteiger partial charge is 0.490 e. The van der Waals surface area contributed by atoms with Gasteiger partial charge < -0.3 is 9.64 Å². The zero-order valence-corrected chi connectivity index (χ0v) is 19.2. The molecule has 2 heterocycles. The number of ketones is 1. The van der Waals surface area contributed by atoms with Crippen LogP contribution in [0.15, 0.2) is 67.0 Å². The van der Waals surface area contributed by atoms with Gasteiger partial charge in [0, 0.05) is 55.9 Å². The van der Waals surface area contributed by atoms with Crippen molar-refractivity contribution in [2.75, 3.05) is 13.1 Å². The fraction of sp³-hybridized carbons (Fsp3) is 0.296. The average molecular weight is 483 g/mol. The Bertz CT molecular complexity index is 1200. The van der Waals surface area contributed by atoms with Gasteiger partial charge in [-0.25, -0.2) is 0 Å². The first kappa shape index (κ1) is 24.4. The molecule has 4 rings (SSSR count). The van der Waals surface area contributed by atoms with E-state index in [1.807, 2.05) is 13.0 Å². The maximum Gasteiger partial charge on any atom is 0.416 e. The normalized spacial score (nSPS) is 14.6. The van der Waals surface area contributed by atoms with E-state index in [0.29, 0.717) is 42.8 Å². The number of aryl methyl sites for hydroxylation is 1. The van der Waals surface area contributed by atoms with E-state index < -0.39 is 17.5 Å². The zero-order valence-electron chi connectivity index (χ0n) is 19.2. The molecule has 0 N–H and O–H groups in total. The number of rotatable bonds is 6. The van der Waals surface area contributed by atoms with Gasteiger partial charge in [-0.05, 0) is 48.4 Å². The van der Waals surface area contributed by atoms with E-state index in [2.05, 4.69) is 4.98 Å². The van der Waals surface area contributed by atoms with Crippen molar-refractivity contribution in [3.8, 4) is 5.75 Å². The summed E-state index contributed by atoms with van der Waals surface area (Å²) in [5.74, 6) is 0.212. The van der Waals surface area contributed by atoms with Crippen LogP contribution in [0.2, 0.25) is 0 Å². The Hall–Kier alpha value is -3.68. The smallest absolute Gasteiger partial charge is 0.416 e. The fourth-order valence-corrected chi connectivity index (χ4v) is 4.07. The number of carbonyl (C=O) groups excluding carboxylic acids is 2. The Morgan fingerprint density at radius 1 is 1.00 bits per heavy atom. The van der Waals surface area contributed by atoms with Crippen LogP contribution in [0.5, 0.6) is 5.75 Å². The predicted molar refractivity (Wildman–Crippen MR) is 124 cm³/mol. The lowest BCUT2D eigenvalue weighted by Crippen LogP contribution is -2.41. The highest BCUT2D eigenvalue weighted by Gasteiger charge is 2.31. The minimum absolute atomic E-state index is 0.0223. The molecule has 0 atom stereocenters. The lowest BCUT2D eigenvalue weighted by atomic mass is 10.00. The van der Waals surface area contributed by atoms with Gasteiger partial charge in [-0.3, -0.25) is 14.6 Å². The van der Waals surface area contributed by atoms with Crippen molar-refractivity contribution in [1.29, 1.82) is 0 Å². The molecular formula is C27H25F3N2O3. The number of likely N-dealkylation sites (tertiary alicyclic amines) is 1. The summed E-state index contributed by atoms with van der Waals surface area (Å²) in [5.41, 5.74) is 1.35. The Morgan fingerprint density at radius 3 is 2.40 bits per heavy atom. The Kier molecular flexibility index (Phi) is 7.19. The molecule has 1 saturated heterocycles. The summed E-state index contributed by atoms with van der Waals surface area (Å²) in [4.78, 5) is 31.0. The highest BCUT2D eigenvalue weighted by Crippen LogP contribution is 2.30. The molecule has 2 aromatic carbocycles.